The number of rotatable bonds is 7. The molecule has 0 aliphatic heterocycles. The molecule has 1 amide bonds. The first kappa shape index (κ1) is 16.2. The number of nitrogens with two attached hydrogens (primary N) is 1. The van der Waals surface area contributed by atoms with Crippen molar-refractivity contribution in [2.45, 2.75) is 13.3 Å². The number of amides is 1. The van der Waals surface area contributed by atoms with Crippen LogP contribution in [0, 0.1) is 10.1 Å². The maximum absolute atomic E-state index is 11.4. The van der Waals surface area contributed by atoms with Crippen LogP contribution in [0.4, 0.5) is 5.69 Å². The lowest BCUT2D eigenvalue weighted by atomic mass is 10.2. The number of nitro groups is 1. The van der Waals surface area contributed by atoms with Crippen LogP contribution in [-0.2, 0) is 0 Å². The summed E-state index contributed by atoms with van der Waals surface area (Å²) in [5.41, 5.74) is 4.71. The van der Waals surface area contributed by atoms with Gasteiger partial charge in [-0.2, -0.15) is 0 Å². The molecule has 0 unspecified atom stereocenters. The highest BCUT2D eigenvalue weighted by molar-refractivity contribution is 5.95. The van der Waals surface area contributed by atoms with Gasteiger partial charge >= 0.3 is 0 Å². The maximum Gasteiger partial charge on any atom is 0.288 e. The number of benzene rings is 1. The van der Waals surface area contributed by atoms with E-state index in [-0.39, 0.29) is 17.1 Å². The fourth-order valence-electron chi connectivity index (χ4n) is 1.73. The van der Waals surface area contributed by atoms with Crippen LogP contribution < -0.4 is 15.2 Å². The van der Waals surface area contributed by atoms with Crippen molar-refractivity contribution in [1.82, 2.24) is 4.98 Å². The Balaban J connectivity index is 2.22. The molecule has 8 heteroatoms. The Morgan fingerprint density at radius 1 is 1.30 bits per heavy atom. The van der Waals surface area contributed by atoms with Crippen LogP contribution in [0.3, 0.4) is 0 Å². The second-order valence-electron chi connectivity index (χ2n) is 4.59. The van der Waals surface area contributed by atoms with Gasteiger partial charge in [0.15, 0.2) is 0 Å². The quantitative estimate of drug-likeness (QED) is 0.619. The van der Waals surface area contributed by atoms with E-state index < -0.39 is 10.8 Å². The average molecular weight is 317 g/mol. The summed E-state index contributed by atoms with van der Waals surface area (Å²) in [6.07, 6.45) is 1.90. The summed E-state index contributed by atoms with van der Waals surface area (Å²) in [5.74, 6) is 0.133. The summed E-state index contributed by atoms with van der Waals surface area (Å²) in [7, 11) is 0. The van der Waals surface area contributed by atoms with Gasteiger partial charge in [0.25, 0.3) is 11.6 Å². The largest absolute Gasteiger partial charge is 0.494 e. The number of aromatic nitrogens is 1. The van der Waals surface area contributed by atoms with Crippen molar-refractivity contribution >= 4 is 11.6 Å². The molecule has 0 radical (unpaired) electrons. The molecule has 120 valence electrons. The summed E-state index contributed by atoms with van der Waals surface area (Å²) in [6.45, 7) is 2.61. The molecule has 0 atom stereocenters. The second kappa shape index (κ2) is 7.21. The molecular weight excluding hydrogens is 302 g/mol. The number of carbonyl (C=O) groups is 1. The fraction of sp³-hybridized carbons (Fsp3) is 0.200. The van der Waals surface area contributed by atoms with E-state index in [4.69, 9.17) is 15.2 Å². The molecule has 1 aromatic heterocycles. The number of pyridine rings is 1. The van der Waals surface area contributed by atoms with E-state index in [1.807, 2.05) is 6.92 Å². The number of carbonyl (C=O) groups excluding carboxylic acids is 1. The molecular formula is C15H15N3O5. The minimum atomic E-state index is -0.862. The Hall–Kier alpha value is -3.16. The number of nitrogens with zero attached hydrogens (tertiary/aromatic N) is 2. The number of hydrogen-bond acceptors (Lipinski definition) is 6. The first-order chi connectivity index (χ1) is 11.0. The van der Waals surface area contributed by atoms with Gasteiger partial charge in [-0.1, -0.05) is 6.92 Å². The van der Waals surface area contributed by atoms with Crippen molar-refractivity contribution in [3.63, 3.8) is 0 Å². The Labute approximate surface area is 132 Å². The molecule has 1 heterocycles. The van der Waals surface area contributed by atoms with Crippen molar-refractivity contribution in [2.24, 2.45) is 5.73 Å². The molecule has 0 aliphatic carbocycles. The topological polar surface area (TPSA) is 118 Å². The fourth-order valence-corrected chi connectivity index (χ4v) is 1.73. The average Bonchev–Trinajstić information content (AvgIpc) is 2.54. The minimum absolute atomic E-state index is 0.0923. The molecule has 2 aromatic rings. The van der Waals surface area contributed by atoms with Crippen LogP contribution in [0.2, 0.25) is 0 Å². The van der Waals surface area contributed by atoms with Gasteiger partial charge in [-0.3, -0.25) is 14.9 Å². The molecule has 0 aliphatic rings. The van der Waals surface area contributed by atoms with Gasteiger partial charge in [0.05, 0.1) is 11.5 Å². The van der Waals surface area contributed by atoms with E-state index in [1.165, 1.54) is 0 Å². The van der Waals surface area contributed by atoms with Crippen molar-refractivity contribution in [1.29, 1.82) is 0 Å². The highest BCUT2D eigenvalue weighted by atomic mass is 16.6. The highest BCUT2D eigenvalue weighted by Crippen LogP contribution is 2.27. The molecule has 0 saturated heterocycles. The van der Waals surface area contributed by atoms with Gasteiger partial charge in [-0.15, -0.1) is 0 Å². The standard InChI is InChI=1S/C15H15N3O5/c1-2-7-22-11-3-5-12(6-4-11)23-15-13(14(16)19)8-10(9-17-15)18(20)21/h3-6,8-9H,2,7H2,1H3,(H2,16,19). The van der Waals surface area contributed by atoms with E-state index in [9.17, 15) is 14.9 Å². The van der Waals surface area contributed by atoms with E-state index in [0.29, 0.717) is 18.1 Å². The molecule has 0 bridgehead atoms. The van der Waals surface area contributed by atoms with Crippen molar-refractivity contribution in [3.05, 3.63) is 52.2 Å². The van der Waals surface area contributed by atoms with Gasteiger partial charge in [-0.25, -0.2) is 4.98 Å². The molecule has 0 spiro atoms. The molecule has 0 saturated carbocycles. The van der Waals surface area contributed by atoms with Crippen molar-refractivity contribution in [3.8, 4) is 17.4 Å². The molecule has 2 N–H and O–H groups in total. The van der Waals surface area contributed by atoms with Gasteiger partial charge in [0.2, 0.25) is 5.88 Å². The normalized spacial score (nSPS) is 10.1. The van der Waals surface area contributed by atoms with Crippen LogP contribution in [0.1, 0.15) is 23.7 Å². The highest BCUT2D eigenvalue weighted by Gasteiger charge is 2.18. The van der Waals surface area contributed by atoms with Crippen LogP contribution in [-0.4, -0.2) is 22.4 Å². The SMILES string of the molecule is CCCOc1ccc(Oc2ncc([N+](=O)[O-])cc2C(N)=O)cc1. The summed E-state index contributed by atoms with van der Waals surface area (Å²) in [4.78, 5) is 25.3. The minimum Gasteiger partial charge on any atom is -0.494 e. The summed E-state index contributed by atoms with van der Waals surface area (Å²) in [5, 5.41) is 10.7. The predicted octanol–water partition coefficient (Wildman–Crippen LogP) is 2.67. The smallest absolute Gasteiger partial charge is 0.288 e. The summed E-state index contributed by atoms with van der Waals surface area (Å²) >= 11 is 0. The Kier molecular flexibility index (Phi) is 5.08. The Morgan fingerprint density at radius 3 is 2.52 bits per heavy atom. The van der Waals surface area contributed by atoms with Gasteiger partial charge in [0.1, 0.15) is 23.3 Å². The van der Waals surface area contributed by atoms with E-state index >= 15 is 0 Å². The molecule has 23 heavy (non-hydrogen) atoms. The first-order valence-electron chi connectivity index (χ1n) is 6.86. The molecule has 8 nitrogen and oxygen atoms in total. The zero-order valence-corrected chi connectivity index (χ0v) is 12.4. The van der Waals surface area contributed by atoms with Crippen molar-refractivity contribution < 1.29 is 19.2 Å². The number of primary amides is 1. The lowest BCUT2D eigenvalue weighted by molar-refractivity contribution is -0.385. The predicted molar refractivity (Wildman–Crippen MR) is 81.7 cm³/mol. The van der Waals surface area contributed by atoms with Crippen LogP contribution >= 0.6 is 0 Å². The summed E-state index contributed by atoms with van der Waals surface area (Å²) < 4.78 is 10.9. The number of hydrogen-bond donors (Lipinski definition) is 1. The lowest BCUT2D eigenvalue weighted by Gasteiger charge is -2.09. The van der Waals surface area contributed by atoms with Crippen LogP contribution in [0.25, 0.3) is 0 Å². The van der Waals surface area contributed by atoms with Gasteiger partial charge < -0.3 is 15.2 Å². The van der Waals surface area contributed by atoms with Gasteiger partial charge in [0, 0.05) is 6.07 Å². The third-order valence-corrected chi connectivity index (χ3v) is 2.82. The van der Waals surface area contributed by atoms with Crippen molar-refractivity contribution in [2.75, 3.05) is 6.61 Å². The van der Waals surface area contributed by atoms with E-state index in [2.05, 4.69) is 4.98 Å². The Bertz CT molecular complexity index is 716. The first-order valence-corrected chi connectivity index (χ1v) is 6.86. The monoisotopic (exact) mass is 317 g/mol. The third-order valence-electron chi connectivity index (χ3n) is 2.82. The molecule has 2 rings (SSSR count). The van der Waals surface area contributed by atoms with Crippen LogP contribution in [0.5, 0.6) is 17.4 Å². The van der Waals surface area contributed by atoms with E-state index in [0.717, 1.165) is 18.7 Å². The zero-order chi connectivity index (χ0) is 16.8. The lowest BCUT2D eigenvalue weighted by Crippen LogP contribution is -2.13. The van der Waals surface area contributed by atoms with E-state index in [1.54, 1.807) is 24.3 Å². The molecule has 0 fully saturated rings. The van der Waals surface area contributed by atoms with Crippen LogP contribution in [0.15, 0.2) is 36.5 Å². The zero-order valence-electron chi connectivity index (χ0n) is 12.4. The number of ether oxygens (including phenoxy) is 2. The maximum atomic E-state index is 11.4. The van der Waals surface area contributed by atoms with Gasteiger partial charge in [-0.05, 0) is 30.7 Å². The Morgan fingerprint density at radius 2 is 1.96 bits per heavy atom. The molecule has 1 aromatic carbocycles. The summed E-state index contributed by atoms with van der Waals surface area (Å²) in [6, 6.07) is 7.72. The second-order valence-corrected chi connectivity index (χ2v) is 4.59. The third kappa shape index (κ3) is 4.16.